The third-order valence-corrected chi connectivity index (χ3v) is 3.23. The van der Waals surface area contributed by atoms with Gasteiger partial charge in [-0.3, -0.25) is 0 Å². The van der Waals surface area contributed by atoms with Crippen molar-refractivity contribution in [2.45, 2.75) is 0 Å². The maximum atomic E-state index is 11.8. The summed E-state index contributed by atoms with van der Waals surface area (Å²) in [5, 5.41) is 5.59. The van der Waals surface area contributed by atoms with Crippen molar-refractivity contribution in [1.29, 1.82) is 0 Å². The van der Waals surface area contributed by atoms with Gasteiger partial charge in [-0.2, -0.15) is 0 Å². The molecule has 1 aromatic carbocycles. The Bertz CT molecular complexity index is 487. The molecule has 2 amide bonds. The molecule has 0 bridgehead atoms. The van der Waals surface area contributed by atoms with E-state index in [4.69, 9.17) is 4.74 Å². The third-order valence-electron chi connectivity index (χ3n) is 2.94. The van der Waals surface area contributed by atoms with Crippen LogP contribution in [0, 0.1) is 0 Å². The topological polar surface area (TPSA) is 53.6 Å². The van der Waals surface area contributed by atoms with Gasteiger partial charge in [-0.05, 0) is 12.1 Å². The zero-order valence-electron chi connectivity index (χ0n) is 11.2. The van der Waals surface area contributed by atoms with Gasteiger partial charge in [0.1, 0.15) is 0 Å². The minimum absolute atomic E-state index is 0.244. The Morgan fingerprint density at radius 1 is 1.35 bits per heavy atom. The van der Waals surface area contributed by atoms with E-state index in [-0.39, 0.29) is 6.03 Å². The van der Waals surface area contributed by atoms with Gasteiger partial charge in [0.05, 0.1) is 31.1 Å². The van der Waals surface area contributed by atoms with Crippen LogP contribution < -0.4 is 15.5 Å². The van der Waals surface area contributed by atoms with Gasteiger partial charge in [0.2, 0.25) is 0 Å². The number of hydrogen-bond acceptors (Lipinski definition) is 3. The standard InChI is InChI=1S/C14H18BrN3O2/c1-11(15)10-16-14(19)17-12-4-2-3-5-13(12)18-6-8-20-9-7-18/h2-5H,1,6-10H2,(H2,16,17,19). The van der Waals surface area contributed by atoms with E-state index in [1.54, 1.807) is 0 Å². The summed E-state index contributed by atoms with van der Waals surface area (Å²) in [6.07, 6.45) is 0. The van der Waals surface area contributed by atoms with Crippen molar-refractivity contribution in [2.24, 2.45) is 0 Å². The fourth-order valence-electron chi connectivity index (χ4n) is 2.00. The second kappa shape index (κ2) is 7.31. The first kappa shape index (κ1) is 14.9. The molecule has 6 heteroatoms. The number of carbonyl (C=O) groups is 1. The molecule has 0 aromatic heterocycles. The Morgan fingerprint density at radius 3 is 2.75 bits per heavy atom. The van der Waals surface area contributed by atoms with Gasteiger partial charge in [0, 0.05) is 17.6 Å². The zero-order chi connectivity index (χ0) is 14.4. The average molecular weight is 340 g/mol. The Kier molecular flexibility index (Phi) is 5.43. The van der Waals surface area contributed by atoms with Crippen LogP contribution in [-0.4, -0.2) is 38.9 Å². The van der Waals surface area contributed by atoms with Crippen molar-refractivity contribution in [3.63, 3.8) is 0 Å². The lowest BCUT2D eigenvalue weighted by Crippen LogP contribution is -2.37. The lowest BCUT2D eigenvalue weighted by Gasteiger charge is -2.30. The van der Waals surface area contributed by atoms with E-state index in [2.05, 4.69) is 38.0 Å². The first-order valence-electron chi connectivity index (χ1n) is 6.46. The van der Waals surface area contributed by atoms with Gasteiger partial charge in [0.25, 0.3) is 0 Å². The van der Waals surface area contributed by atoms with Gasteiger partial charge in [-0.1, -0.05) is 34.6 Å². The van der Waals surface area contributed by atoms with Crippen molar-refractivity contribution in [3.05, 3.63) is 35.3 Å². The number of halogens is 1. The quantitative estimate of drug-likeness (QED) is 0.886. The summed E-state index contributed by atoms with van der Waals surface area (Å²) < 4.78 is 6.08. The predicted molar refractivity (Wildman–Crippen MR) is 84.6 cm³/mol. The SMILES string of the molecule is C=C(Br)CNC(=O)Nc1ccccc1N1CCOCC1. The molecule has 1 aliphatic heterocycles. The molecule has 5 nitrogen and oxygen atoms in total. The summed E-state index contributed by atoms with van der Waals surface area (Å²) in [7, 11) is 0. The number of ether oxygens (including phenoxy) is 1. The van der Waals surface area contributed by atoms with Crippen molar-refractivity contribution in [1.82, 2.24) is 5.32 Å². The van der Waals surface area contributed by atoms with Gasteiger partial charge in [0.15, 0.2) is 0 Å². The number of rotatable bonds is 4. The Morgan fingerprint density at radius 2 is 2.05 bits per heavy atom. The molecule has 108 valence electrons. The maximum absolute atomic E-state index is 11.8. The highest BCUT2D eigenvalue weighted by Crippen LogP contribution is 2.26. The molecule has 2 N–H and O–H groups in total. The van der Waals surface area contributed by atoms with Gasteiger partial charge in [-0.25, -0.2) is 4.79 Å². The first-order chi connectivity index (χ1) is 9.66. The summed E-state index contributed by atoms with van der Waals surface area (Å²) in [5.74, 6) is 0. The van der Waals surface area contributed by atoms with E-state index in [1.807, 2.05) is 24.3 Å². The fourth-order valence-corrected chi connectivity index (χ4v) is 2.14. The minimum Gasteiger partial charge on any atom is -0.378 e. The van der Waals surface area contributed by atoms with E-state index in [9.17, 15) is 4.79 Å². The van der Waals surface area contributed by atoms with Crippen molar-refractivity contribution in [2.75, 3.05) is 43.1 Å². The molecule has 1 aliphatic rings. The van der Waals surface area contributed by atoms with E-state index < -0.39 is 0 Å². The van der Waals surface area contributed by atoms with Crippen LogP contribution in [0.4, 0.5) is 16.2 Å². The van der Waals surface area contributed by atoms with E-state index in [1.165, 1.54) is 0 Å². The number of carbonyl (C=O) groups excluding carboxylic acids is 1. The van der Waals surface area contributed by atoms with Gasteiger partial charge in [-0.15, -0.1) is 0 Å². The first-order valence-corrected chi connectivity index (χ1v) is 7.26. The van der Waals surface area contributed by atoms with Crippen LogP contribution in [-0.2, 0) is 4.74 Å². The van der Waals surface area contributed by atoms with Crippen LogP contribution in [0.1, 0.15) is 0 Å². The van der Waals surface area contributed by atoms with Crippen LogP contribution in [0.3, 0.4) is 0 Å². The van der Waals surface area contributed by atoms with Crippen LogP contribution in [0.5, 0.6) is 0 Å². The Balaban J connectivity index is 2.03. The maximum Gasteiger partial charge on any atom is 0.319 e. The molecule has 1 fully saturated rings. The lowest BCUT2D eigenvalue weighted by atomic mass is 10.2. The molecule has 2 rings (SSSR count). The average Bonchev–Trinajstić information content (AvgIpc) is 2.47. The van der Waals surface area contributed by atoms with Crippen LogP contribution >= 0.6 is 15.9 Å². The minimum atomic E-state index is -0.244. The highest BCUT2D eigenvalue weighted by molar-refractivity contribution is 9.11. The number of benzene rings is 1. The summed E-state index contributed by atoms with van der Waals surface area (Å²) >= 11 is 3.21. The lowest BCUT2D eigenvalue weighted by molar-refractivity contribution is 0.123. The number of nitrogens with zero attached hydrogens (tertiary/aromatic N) is 1. The number of amides is 2. The molecule has 0 atom stereocenters. The number of anilines is 2. The highest BCUT2D eigenvalue weighted by atomic mass is 79.9. The second-order valence-electron chi connectivity index (χ2n) is 4.44. The van der Waals surface area contributed by atoms with E-state index in [0.29, 0.717) is 19.8 Å². The number of para-hydroxylation sites is 2. The number of nitrogens with one attached hydrogen (secondary N) is 2. The molecule has 1 aromatic rings. The smallest absolute Gasteiger partial charge is 0.319 e. The summed E-state index contributed by atoms with van der Waals surface area (Å²) in [5.41, 5.74) is 1.82. The predicted octanol–water partition coefficient (Wildman–Crippen LogP) is 2.55. The van der Waals surface area contributed by atoms with Crippen LogP contribution in [0.15, 0.2) is 35.3 Å². The molecular weight excluding hydrogens is 322 g/mol. The molecule has 0 spiro atoms. The van der Waals surface area contributed by atoms with Gasteiger partial charge < -0.3 is 20.3 Å². The Labute approximate surface area is 127 Å². The summed E-state index contributed by atoms with van der Waals surface area (Å²) in [6, 6.07) is 7.53. The van der Waals surface area contributed by atoms with Crippen LogP contribution in [0.2, 0.25) is 0 Å². The molecule has 20 heavy (non-hydrogen) atoms. The van der Waals surface area contributed by atoms with Crippen molar-refractivity contribution < 1.29 is 9.53 Å². The highest BCUT2D eigenvalue weighted by Gasteiger charge is 2.15. The van der Waals surface area contributed by atoms with E-state index in [0.717, 1.165) is 28.9 Å². The molecule has 1 saturated heterocycles. The van der Waals surface area contributed by atoms with E-state index >= 15 is 0 Å². The fraction of sp³-hybridized carbons (Fsp3) is 0.357. The number of hydrogen-bond donors (Lipinski definition) is 2. The monoisotopic (exact) mass is 339 g/mol. The molecule has 0 saturated carbocycles. The summed E-state index contributed by atoms with van der Waals surface area (Å²) in [4.78, 5) is 14.0. The second-order valence-corrected chi connectivity index (χ2v) is 5.56. The molecule has 1 heterocycles. The van der Waals surface area contributed by atoms with Crippen molar-refractivity contribution >= 4 is 33.3 Å². The largest absolute Gasteiger partial charge is 0.378 e. The zero-order valence-corrected chi connectivity index (χ0v) is 12.8. The molecule has 0 aliphatic carbocycles. The Hall–Kier alpha value is -1.53. The third kappa shape index (κ3) is 4.25. The number of morpholine rings is 1. The molecular formula is C14H18BrN3O2. The molecule has 0 unspecified atom stereocenters. The summed E-state index contributed by atoms with van der Waals surface area (Å²) in [6.45, 7) is 7.16. The number of urea groups is 1. The van der Waals surface area contributed by atoms with Crippen LogP contribution in [0.25, 0.3) is 0 Å². The molecule has 0 radical (unpaired) electrons. The van der Waals surface area contributed by atoms with Crippen molar-refractivity contribution in [3.8, 4) is 0 Å². The van der Waals surface area contributed by atoms with Gasteiger partial charge >= 0.3 is 6.03 Å². The normalized spacial score (nSPS) is 14.8.